The molecule has 0 amide bonds. The second kappa shape index (κ2) is 11.6. The van der Waals surface area contributed by atoms with Crippen molar-refractivity contribution in [1.29, 1.82) is 0 Å². The molecule has 0 N–H and O–H groups in total. The third-order valence-corrected chi connectivity index (χ3v) is 6.02. The number of hydrogen-bond donors (Lipinski definition) is 0. The molecule has 162 valence electrons. The van der Waals surface area contributed by atoms with Gasteiger partial charge in [0.05, 0.1) is 5.69 Å². The van der Waals surface area contributed by atoms with Crippen molar-refractivity contribution >= 4 is 71.2 Å². The van der Waals surface area contributed by atoms with Gasteiger partial charge in [-0.1, -0.05) is 60.7 Å². The van der Waals surface area contributed by atoms with E-state index in [4.69, 9.17) is 25.2 Å². The van der Waals surface area contributed by atoms with Gasteiger partial charge in [-0.25, -0.2) is 0 Å². The van der Waals surface area contributed by atoms with Crippen LogP contribution >= 0.6 is 31.5 Å². The molecule has 5 rings (SSSR count). The first kappa shape index (κ1) is 23.0. The molecule has 0 saturated heterocycles. The average Bonchev–Trinajstić information content (AvgIpc) is 3.29. The third kappa shape index (κ3) is 5.77. The van der Waals surface area contributed by atoms with Gasteiger partial charge < -0.3 is 0 Å². The van der Waals surface area contributed by atoms with Crippen molar-refractivity contribution in [3.8, 4) is 0 Å². The summed E-state index contributed by atoms with van der Waals surface area (Å²) in [6.45, 7) is 0. The number of benzene rings is 3. The summed E-state index contributed by atoms with van der Waals surface area (Å²) in [7, 11) is 9.53. The summed E-state index contributed by atoms with van der Waals surface area (Å²) in [5, 5.41) is 4.79. The number of nitrogens with zero attached hydrogens (tertiary/aromatic N) is 2. The van der Waals surface area contributed by atoms with Gasteiger partial charge in [0.2, 0.25) is 0 Å². The van der Waals surface area contributed by atoms with Crippen LogP contribution in [0, 0.1) is 0 Å². The fourth-order valence-electron chi connectivity index (χ4n) is 3.61. The summed E-state index contributed by atoms with van der Waals surface area (Å²) in [5.41, 5.74) is 2.17. The first-order valence-corrected chi connectivity index (χ1v) is 13.9. The van der Waals surface area contributed by atoms with Crippen LogP contribution in [0.1, 0.15) is 22.6 Å². The molecular weight excluding hydrogens is 499 g/mol. The molecule has 0 radical (unpaired) electrons. The Morgan fingerprint density at radius 2 is 1.41 bits per heavy atom. The molecular formula is C26H20Cl2FeN2S. The van der Waals surface area contributed by atoms with Crippen molar-refractivity contribution in [2.24, 2.45) is 9.98 Å². The third-order valence-electron chi connectivity index (χ3n) is 5.06. The number of hydrogen-bond acceptors (Lipinski definition) is 3. The second-order valence-corrected chi connectivity index (χ2v) is 10.1. The van der Waals surface area contributed by atoms with Gasteiger partial charge in [0.15, 0.2) is 0 Å². The van der Waals surface area contributed by atoms with E-state index in [2.05, 4.69) is 90.0 Å². The number of allylic oxidation sites excluding steroid dienone is 4. The first-order chi connectivity index (χ1) is 15.8. The molecule has 6 heteroatoms. The Bertz CT molecular complexity index is 1280. The zero-order chi connectivity index (χ0) is 22.2. The van der Waals surface area contributed by atoms with E-state index in [0.29, 0.717) is 0 Å². The van der Waals surface area contributed by atoms with E-state index in [1.165, 1.54) is 21.5 Å². The molecule has 0 bridgehead atoms. The minimum absolute atomic E-state index is 0.194. The maximum absolute atomic E-state index is 4.92. The van der Waals surface area contributed by atoms with E-state index in [1.807, 2.05) is 12.4 Å². The predicted octanol–water partition coefficient (Wildman–Crippen LogP) is 8.83. The Hall–Kier alpha value is -2.20. The number of aliphatic imine (C=N–C) groups is 2. The molecule has 0 saturated carbocycles. The van der Waals surface area contributed by atoms with Crippen molar-refractivity contribution in [3.63, 3.8) is 0 Å². The molecule has 0 fully saturated rings. The molecule has 2 nitrogen and oxygen atoms in total. The number of rotatable bonds is 4. The minimum atomic E-state index is 0.194. The van der Waals surface area contributed by atoms with E-state index in [-0.39, 0.29) is 13.1 Å². The molecule has 0 atom stereocenters. The quantitative estimate of drug-likeness (QED) is 0.146. The molecule has 0 spiro atoms. The molecule has 0 aliphatic heterocycles. The maximum atomic E-state index is 4.92. The van der Waals surface area contributed by atoms with Gasteiger partial charge in [0, 0.05) is 38.7 Å². The van der Waals surface area contributed by atoms with Gasteiger partial charge in [0.1, 0.15) is 0 Å². The summed E-state index contributed by atoms with van der Waals surface area (Å²) >= 11 is 1.90. The Balaban J connectivity index is 0.000000775. The average molecular weight is 519 g/mol. The van der Waals surface area contributed by atoms with E-state index in [9.17, 15) is 0 Å². The first-order valence-electron chi connectivity index (χ1n) is 10.1. The SMILES string of the molecule is C1=CCCC(N=Cc2ccc(C=Nc3c4ccccc4cc4ccccc34)s2)=C1.[Cl][Fe][Cl]. The van der Waals surface area contributed by atoms with Crippen molar-refractivity contribution in [2.45, 2.75) is 12.8 Å². The van der Waals surface area contributed by atoms with Gasteiger partial charge in [-0.2, -0.15) is 0 Å². The Kier molecular flexibility index (Phi) is 8.33. The van der Waals surface area contributed by atoms with Gasteiger partial charge in [0.25, 0.3) is 0 Å². The van der Waals surface area contributed by atoms with Gasteiger partial charge in [-0.3, -0.25) is 9.98 Å². The fourth-order valence-corrected chi connectivity index (χ4v) is 4.36. The van der Waals surface area contributed by atoms with Crippen LogP contribution in [-0.4, -0.2) is 12.4 Å². The number of thiophene rings is 1. The van der Waals surface area contributed by atoms with Crippen LogP contribution in [0.3, 0.4) is 0 Å². The van der Waals surface area contributed by atoms with Crippen molar-refractivity contribution in [1.82, 2.24) is 0 Å². The predicted molar refractivity (Wildman–Crippen MR) is 139 cm³/mol. The molecule has 0 unspecified atom stereocenters. The summed E-state index contributed by atoms with van der Waals surface area (Å²) in [4.78, 5) is 11.8. The zero-order valence-corrected chi connectivity index (χ0v) is 20.5. The summed E-state index contributed by atoms with van der Waals surface area (Å²) in [6.07, 6.45) is 12.4. The van der Waals surface area contributed by atoms with Crippen LogP contribution in [-0.2, 0) is 13.1 Å². The van der Waals surface area contributed by atoms with Crippen molar-refractivity contribution in [2.75, 3.05) is 0 Å². The zero-order valence-electron chi connectivity index (χ0n) is 17.1. The molecule has 4 aromatic rings. The second-order valence-electron chi connectivity index (χ2n) is 7.10. The molecule has 3 aromatic carbocycles. The summed E-state index contributed by atoms with van der Waals surface area (Å²) in [6, 6.07) is 23.3. The van der Waals surface area contributed by atoms with Crippen molar-refractivity contribution < 1.29 is 13.1 Å². The van der Waals surface area contributed by atoms with E-state index in [0.717, 1.165) is 34.0 Å². The van der Waals surface area contributed by atoms with Gasteiger partial charge >= 0.3 is 33.3 Å². The fraction of sp³-hybridized carbons (Fsp3) is 0.0769. The van der Waals surface area contributed by atoms with Crippen LogP contribution < -0.4 is 0 Å². The Labute approximate surface area is 206 Å². The van der Waals surface area contributed by atoms with Gasteiger partial charge in [-0.15, -0.1) is 11.3 Å². The van der Waals surface area contributed by atoms with Crippen LogP contribution in [0.15, 0.2) is 101 Å². The van der Waals surface area contributed by atoms with Gasteiger partial charge in [-0.05, 0) is 47.9 Å². The molecule has 1 aliphatic carbocycles. The van der Waals surface area contributed by atoms with E-state index in [1.54, 1.807) is 11.3 Å². The molecule has 1 heterocycles. The molecule has 1 aliphatic rings. The normalized spacial score (nSPS) is 13.8. The van der Waals surface area contributed by atoms with Crippen LogP contribution in [0.4, 0.5) is 5.69 Å². The molecule has 32 heavy (non-hydrogen) atoms. The topological polar surface area (TPSA) is 24.7 Å². The Morgan fingerprint density at radius 1 is 0.812 bits per heavy atom. The standard InChI is InChI=1S/C26H20N2S.2ClH.Fe/c1-2-10-21(11-3-1)27-17-22-14-15-23(29-22)18-28-26-24-12-6-4-8-19(24)16-20-9-5-7-13-25(20)26;;;/h1-2,4-10,12-18H,3,11H2;2*1H;/q;;;+2/p-2. The monoisotopic (exact) mass is 518 g/mol. The molecule has 1 aromatic heterocycles. The van der Waals surface area contributed by atoms with Crippen LogP contribution in [0.5, 0.6) is 0 Å². The van der Waals surface area contributed by atoms with Crippen LogP contribution in [0.25, 0.3) is 21.5 Å². The van der Waals surface area contributed by atoms with E-state index >= 15 is 0 Å². The number of fused-ring (bicyclic) bond motifs is 2. The van der Waals surface area contributed by atoms with Crippen molar-refractivity contribution in [3.05, 3.63) is 100 Å². The summed E-state index contributed by atoms with van der Waals surface area (Å²) in [5.74, 6) is 0. The number of halogens is 2. The summed E-state index contributed by atoms with van der Waals surface area (Å²) < 4.78 is 0. The van der Waals surface area contributed by atoms with E-state index < -0.39 is 0 Å². The van der Waals surface area contributed by atoms with Crippen LogP contribution in [0.2, 0.25) is 0 Å². The Morgan fingerprint density at radius 3 is 2.00 bits per heavy atom.